The van der Waals surface area contributed by atoms with E-state index in [-0.39, 0.29) is 11.8 Å². The summed E-state index contributed by atoms with van der Waals surface area (Å²) in [6, 6.07) is 0.358. The van der Waals surface area contributed by atoms with E-state index in [1.54, 1.807) is 0 Å². The van der Waals surface area contributed by atoms with Gasteiger partial charge in [0.15, 0.2) is 0 Å². The molecule has 1 amide bonds. The summed E-state index contributed by atoms with van der Waals surface area (Å²) in [7, 11) is 0. The molecule has 14 heavy (non-hydrogen) atoms. The van der Waals surface area contributed by atoms with Crippen LogP contribution in [0.3, 0.4) is 0 Å². The van der Waals surface area contributed by atoms with E-state index in [1.165, 1.54) is 19.3 Å². The number of nitrogens with one attached hydrogen (secondary N) is 2. The van der Waals surface area contributed by atoms with Crippen molar-refractivity contribution in [2.45, 2.75) is 38.6 Å². The Morgan fingerprint density at radius 2 is 2.21 bits per heavy atom. The predicted molar refractivity (Wildman–Crippen MR) is 55.9 cm³/mol. The van der Waals surface area contributed by atoms with Crippen molar-refractivity contribution < 1.29 is 4.79 Å². The van der Waals surface area contributed by atoms with Crippen molar-refractivity contribution in [3.8, 4) is 0 Å². The Morgan fingerprint density at radius 3 is 2.71 bits per heavy atom. The second-order valence-corrected chi connectivity index (χ2v) is 4.68. The zero-order valence-electron chi connectivity index (χ0n) is 8.88. The molecule has 2 aliphatic rings. The fourth-order valence-electron chi connectivity index (χ4n) is 2.29. The Balaban J connectivity index is 1.71. The lowest BCUT2D eigenvalue weighted by Crippen LogP contribution is -2.39. The van der Waals surface area contributed by atoms with Gasteiger partial charge in [-0.15, -0.1) is 0 Å². The van der Waals surface area contributed by atoms with Gasteiger partial charge in [-0.05, 0) is 38.6 Å². The SMILES string of the molecule is CC1NCCC1C(=O)NCC1CCC1. The van der Waals surface area contributed by atoms with Gasteiger partial charge in [-0.1, -0.05) is 6.42 Å². The van der Waals surface area contributed by atoms with Gasteiger partial charge in [-0.25, -0.2) is 0 Å². The Kier molecular flexibility index (Phi) is 3.06. The standard InChI is InChI=1S/C11H20N2O/c1-8-10(5-6-12-8)11(14)13-7-9-3-2-4-9/h8-10,12H,2-7H2,1H3,(H,13,14). The van der Waals surface area contributed by atoms with Crippen LogP contribution in [0.4, 0.5) is 0 Å². The third-order valence-electron chi connectivity index (χ3n) is 3.65. The number of carbonyl (C=O) groups is 1. The monoisotopic (exact) mass is 196 g/mol. The first kappa shape index (κ1) is 9.97. The fourth-order valence-corrected chi connectivity index (χ4v) is 2.29. The molecule has 2 unspecified atom stereocenters. The van der Waals surface area contributed by atoms with Gasteiger partial charge in [0.1, 0.15) is 0 Å². The molecule has 2 rings (SSSR count). The van der Waals surface area contributed by atoms with Crippen molar-refractivity contribution in [2.75, 3.05) is 13.1 Å². The summed E-state index contributed by atoms with van der Waals surface area (Å²) in [6.07, 6.45) is 4.96. The normalized spacial score (nSPS) is 32.6. The van der Waals surface area contributed by atoms with Gasteiger partial charge in [0.05, 0.1) is 5.92 Å². The molecule has 1 saturated carbocycles. The first-order valence-electron chi connectivity index (χ1n) is 5.78. The van der Waals surface area contributed by atoms with E-state index in [4.69, 9.17) is 0 Å². The molecule has 1 saturated heterocycles. The summed E-state index contributed by atoms with van der Waals surface area (Å²) in [4.78, 5) is 11.7. The number of carbonyl (C=O) groups excluding carboxylic acids is 1. The minimum Gasteiger partial charge on any atom is -0.356 e. The van der Waals surface area contributed by atoms with Gasteiger partial charge in [0, 0.05) is 12.6 Å². The van der Waals surface area contributed by atoms with Gasteiger partial charge in [-0.3, -0.25) is 4.79 Å². The van der Waals surface area contributed by atoms with E-state index in [0.29, 0.717) is 6.04 Å². The second-order valence-electron chi connectivity index (χ2n) is 4.68. The van der Waals surface area contributed by atoms with E-state index in [0.717, 1.165) is 25.4 Å². The highest BCUT2D eigenvalue weighted by Gasteiger charge is 2.29. The highest BCUT2D eigenvalue weighted by molar-refractivity contribution is 5.79. The van der Waals surface area contributed by atoms with Crippen molar-refractivity contribution >= 4 is 5.91 Å². The zero-order chi connectivity index (χ0) is 9.97. The van der Waals surface area contributed by atoms with E-state index in [9.17, 15) is 4.79 Å². The smallest absolute Gasteiger partial charge is 0.224 e. The van der Waals surface area contributed by atoms with Crippen molar-refractivity contribution in [1.82, 2.24) is 10.6 Å². The molecular formula is C11H20N2O. The topological polar surface area (TPSA) is 41.1 Å². The van der Waals surface area contributed by atoms with Crippen molar-refractivity contribution in [3.63, 3.8) is 0 Å². The Hall–Kier alpha value is -0.570. The average Bonchev–Trinajstić information content (AvgIpc) is 2.48. The number of amides is 1. The lowest BCUT2D eigenvalue weighted by Gasteiger charge is -2.26. The third kappa shape index (κ3) is 2.08. The number of rotatable bonds is 3. The molecule has 2 N–H and O–H groups in total. The second kappa shape index (κ2) is 4.30. The summed E-state index contributed by atoms with van der Waals surface area (Å²) >= 11 is 0. The summed E-state index contributed by atoms with van der Waals surface area (Å²) < 4.78 is 0. The minimum atomic E-state index is 0.204. The summed E-state index contributed by atoms with van der Waals surface area (Å²) in [5.74, 6) is 1.23. The summed E-state index contributed by atoms with van der Waals surface area (Å²) in [5.41, 5.74) is 0. The van der Waals surface area contributed by atoms with E-state index in [2.05, 4.69) is 17.6 Å². The van der Waals surface area contributed by atoms with Crippen LogP contribution in [-0.2, 0) is 4.79 Å². The fraction of sp³-hybridized carbons (Fsp3) is 0.909. The third-order valence-corrected chi connectivity index (χ3v) is 3.65. The van der Waals surface area contributed by atoms with Crippen LogP contribution in [0, 0.1) is 11.8 Å². The number of hydrogen-bond acceptors (Lipinski definition) is 2. The maximum absolute atomic E-state index is 11.7. The molecule has 1 aliphatic heterocycles. The summed E-state index contributed by atoms with van der Waals surface area (Å²) in [5, 5.41) is 6.38. The molecular weight excluding hydrogens is 176 g/mol. The lowest BCUT2D eigenvalue weighted by molar-refractivity contribution is -0.125. The highest BCUT2D eigenvalue weighted by atomic mass is 16.1. The van der Waals surface area contributed by atoms with E-state index >= 15 is 0 Å². The molecule has 0 aromatic heterocycles. The molecule has 0 radical (unpaired) electrons. The first-order valence-corrected chi connectivity index (χ1v) is 5.78. The molecule has 80 valence electrons. The summed E-state index contributed by atoms with van der Waals surface area (Å²) in [6.45, 7) is 3.99. The lowest BCUT2D eigenvalue weighted by atomic mass is 9.85. The number of hydrogen-bond donors (Lipinski definition) is 2. The van der Waals surface area contributed by atoms with Crippen LogP contribution in [0.2, 0.25) is 0 Å². The molecule has 2 fully saturated rings. The molecule has 0 spiro atoms. The predicted octanol–water partition coefficient (Wildman–Crippen LogP) is 0.901. The largest absolute Gasteiger partial charge is 0.356 e. The maximum atomic E-state index is 11.7. The Labute approximate surface area is 85.6 Å². The molecule has 0 bridgehead atoms. The van der Waals surface area contributed by atoms with Crippen molar-refractivity contribution in [2.24, 2.45) is 11.8 Å². The van der Waals surface area contributed by atoms with Crippen LogP contribution < -0.4 is 10.6 Å². The molecule has 2 atom stereocenters. The van der Waals surface area contributed by atoms with Crippen molar-refractivity contribution in [3.05, 3.63) is 0 Å². The molecule has 0 aromatic rings. The van der Waals surface area contributed by atoms with Crippen molar-refractivity contribution in [1.29, 1.82) is 0 Å². The quantitative estimate of drug-likeness (QED) is 0.704. The van der Waals surface area contributed by atoms with Crippen LogP contribution in [0.1, 0.15) is 32.6 Å². The van der Waals surface area contributed by atoms with Crippen LogP contribution in [-0.4, -0.2) is 25.0 Å². The maximum Gasteiger partial charge on any atom is 0.224 e. The molecule has 3 heteroatoms. The molecule has 1 aliphatic carbocycles. The molecule has 1 heterocycles. The Morgan fingerprint density at radius 1 is 1.43 bits per heavy atom. The highest BCUT2D eigenvalue weighted by Crippen LogP contribution is 2.25. The average molecular weight is 196 g/mol. The van der Waals surface area contributed by atoms with Crippen LogP contribution in [0.5, 0.6) is 0 Å². The minimum absolute atomic E-state index is 0.204. The Bertz CT molecular complexity index is 213. The molecule has 3 nitrogen and oxygen atoms in total. The van der Waals surface area contributed by atoms with Gasteiger partial charge in [-0.2, -0.15) is 0 Å². The van der Waals surface area contributed by atoms with Gasteiger partial charge in [0.25, 0.3) is 0 Å². The zero-order valence-corrected chi connectivity index (χ0v) is 8.88. The van der Waals surface area contributed by atoms with Gasteiger partial charge >= 0.3 is 0 Å². The van der Waals surface area contributed by atoms with Gasteiger partial charge < -0.3 is 10.6 Å². The van der Waals surface area contributed by atoms with Crippen LogP contribution >= 0.6 is 0 Å². The van der Waals surface area contributed by atoms with Crippen LogP contribution in [0.15, 0.2) is 0 Å². The van der Waals surface area contributed by atoms with Gasteiger partial charge in [0.2, 0.25) is 5.91 Å². The first-order chi connectivity index (χ1) is 6.77. The molecule has 0 aromatic carbocycles. The van der Waals surface area contributed by atoms with Crippen LogP contribution in [0.25, 0.3) is 0 Å². The van der Waals surface area contributed by atoms with E-state index in [1.807, 2.05) is 0 Å². The van der Waals surface area contributed by atoms with E-state index < -0.39 is 0 Å².